The predicted molar refractivity (Wildman–Crippen MR) is 105 cm³/mol. The number of fused-ring (bicyclic) bond motifs is 1. The summed E-state index contributed by atoms with van der Waals surface area (Å²) in [6.45, 7) is 20.7. The van der Waals surface area contributed by atoms with Crippen molar-refractivity contribution in [3.63, 3.8) is 0 Å². The summed E-state index contributed by atoms with van der Waals surface area (Å²) in [5.41, 5.74) is 8.37. The third kappa shape index (κ3) is 3.52. The molecule has 0 fully saturated rings. The Morgan fingerprint density at radius 1 is 1.00 bits per heavy atom. The van der Waals surface area contributed by atoms with Gasteiger partial charge >= 0.3 is 0 Å². The third-order valence-electron chi connectivity index (χ3n) is 5.23. The van der Waals surface area contributed by atoms with Crippen molar-refractivity contribution in [1.82, 2.24) is 4.98 Å². The highest BCUT2D eigenvalue weighted by Gasteiger charge is 2.29. The van der Waals surface area contributed by atoms with E-state index in [1.807, 2.05) is 0 Å². The molecule has 2 heteroatoms. The minimum absolute atomic E-state index is 0.453. The molecule has 0 N–H and O–H groups in total. The molecule has 0 saturated carbocycles. The quantitative estimate of drug-likeness (QED) is 0.598. The van der Waals surface area contributed by atoms with Gasteiger partial charge in [-0.1, -0.05) is 47.6 Å². The number of aryl methyl sites for hydroxylation is 1. The van der Waals surface area contributed by atoms with Gasteiger partial charge in [0.15, 0.2) is 0 Å². The van der Waals surface area contributed by atoms with Crippen LogP contribution >= 0.6 is 11.8 Å². The van der Waals surface area contributed by atoms with E-state index in [2.05, 4.69) is 80.2 Å². The van der Waals surface area contributed by atoms with Gasteiger partial charge in [0.25, 0.3) is 0 Å². The van der Waals surface area contributed by atoms with Crippen molar-refractivity contribution in [3.05, 3.63) is 34.2 Å². The van der Waals surface area contributed by atoms with E-state index in [0.29, 0.717) is 28.3 Å². The van der Waals surface area contributed by atoms with Gasteiger partial charge in [0, 0.05) is 21.8 Å². The molecule has 3 atom stereocenters. The van der Waals surface area contributed by atoms with Crippen molar-refractivity contribution in [2.24, 2.45) is 11.8 Å². The summed E-state index contributed by atoms with van der Waals surface area (Å²) in [6, 6.07) is 0. The number of aromatic nitrogens is 1. The topological polar surface area (TPSA) is 12.9 Å². The van der Waals surface area contributed by atoms with Crippen LogP contribution in [-0.4, -0.2) is 10.2 Å². The average Bonchev–Trinajstić information content (AvgIpc) is 2.44. The number of allylic oxidation sites excluding steroid dienone is 2. The predicted octanol–water partition coefficient (Wildman–Crippen LogP) is 6.69. The lowest BCUT2D eigenvalue weighted by Gasteiger charge is -2.32. The second kappa shape index (κ2) is 7.01. The normalized spacial score (nSPS) is 27.4. The van der Waals surface area contributed by atoms with E-state index in [4.69, 9.17) is 4.98 Å². The lowest BCUT2D eigenvalue weighted by atomic mass is 9.82. The van der Waals surface area contributed by atoms with Crippen molar-refractivity contribution in [1.29, 1.82) is 0 Å². The second-order valence-corrected chi connectivity index (χ2v) is 9.49. The van der Waals surface area contributed by atoms with Gasteiger partial charge in [-0.25, -0.2) is 0 Å². The van der Waals surface area contributed by atoms with Crippen LogP contribution in [0.1, 0.15) is 87.7 Å². The number of rotatable bonds is 2. The first kappa shape index (κ1) is 18.6. The average molecular weight is 332 g/mol. The van der Waals surface area contributed by atoms with E-state index in [0.717, 1.165) is 0 Å². The maximum atomic E-state index is 5.02. The summed E-state index contributed by atoms with van der Waals surface area (Å²) in [4.78, 5) is 5.02. The van der Waals surface area contributed by atoms with Crippen LogP contribution in [0.15, 0.2) is 6.08 Å². The highest BCUT2D eigenvalue weighted by atomic mass is 32.2. The summed E-state index contributed by atoms with van der Waals surface area (Å²) < 4.78 is 0. The minimum Gasteiger partial charge on any atom is -0.257 e. The van der Waals surface area contributed by atoms with Gasteiger partial charge in [-0.3, -0.25) is 4.98 Å². The SMILES string of the molecule is Cc1nc(C(C)C)c2c(c1C)[C@H](C)S[C@H](C)[C@H](C)/C=C\2C(C)C. The fourth-order valence-electron chi connectivity index (χ4n) is 3.57. The van der Waals surface area contributed by atoms with Crippen LogP contribution in [0.5, 0.6) is 0 Å². The lowest BCUT2D eigenvalue weighted by molar-refractivity contribution is 0.696. The summed E-state index contributed by atoms with van der Waals surface area (Å²) in [6.07, 6.45) is 2.52. The third-order valence-corrected chi connectivity index (χ3v) is 6.73. The van der Waals surface area contributed by atoms with Gasteiger partial charge < -0.3 is 0 Å². The molecule has 0 radical (unpaired) electrons. The minimum atomic E-state index is 0.453. The van der Waals surface area contributed by atoms with Crippen LogP contribution in [-0.2, 0) is 0 Å². The largest absolute Gasteiger partial charge is 0.257 e. The smallest absolute Gasteiger partial charge is 0.0510 e. The van der Waals surface area contributed by atoms with E-state index < -0.39 is 0 Å². The van der Waals surface area contributed by atoms with Crippen molar-refractivity contribution in [2.45, 2.75) is 78.7 Å². The zero-order valence-electron chi connectivity index (χ0n) is 16.3. The Morgan fingerprint density at radius 2 is 1.61 bits per heavy atom. The molecule has 1 aromatic heterocycles. The van der Waals surface area contributed by atoms with Gasteiger partial charge in [-0.05, 0) is 55.2 Å². The Morgan fingerprint density at radius 3 is 2.13 bits per heavy atom. The van der Waals surface area contributed by atoms with E-state index in [9.17, 15) is 0 Å². The van der Waals surface area contributed by atoms with Crippen LogP contribution in [0, 0.1) is 25.7 Å². The number of pyridine rings is 1. The Bertz CT molecular complexity index is 613. The van der Waals surface area contributed by atoms with E-state index in [1.165, 1.54) is 33.7 Å². The zero-order valence-corrected chi connectivity index (χ0v) is 17.1. The molecule has 0 unspecified atom stereocenters. The first-order valence-electron chi connectivity index (χ1n) is 9.03. The standard InChI is InChI=1S/C21H33NS/c1-11(2)18-10-13(5)16(8)23-17(9)19-14(6)15(7)22-21(12(3)4)20(18)19/h10-13,16-17H,1-9H3/b18-10-/t13-,16-,17+/m1/s1. The maximum Gasteiger partial charge on any atom is 0.0510 e. The molecule has 2 rings (SSSR count). The molecule has 23 heavy (non-hydrogen) atoms. The van der Waals surface area contributed by atoms with E-state index in [-0.39, 0.29) is 0 Å². The second-order valence-electron chi connectivity index (χ2n) is 7.77. The van der Waals surface area contributed by atoms with Crippen LogP contribution in [0.3, 0.4) is 0 Å². The monoisotopic (exact) mass is 331 g/mol. The van der Waals surface area contributed by atoms with Crippen LogP contribution in [0.2, 0.25) is 0 Å². The van der Waals surface area contributed by atoms with Gasteiger partial charge in [0.05, 0.1) is 5.69 Å². The van der Waals surface area contributed by atoms with Crippen LogP contribution in [0.25, 0.3) is 5.57 Å². The molecule has 0 aromatic carbocycles. The molecular formula is C21H33NS. The Balaban J connectivity index is 2.88. The molecule has 128 valence electrons. The molecule has 0 amide bonds. The number of thioether (sulfide) groups is 1. The van der Waals surface area contributed by atoms with E-state index >= 15 is 0 Å². The Labute approximate surface area is 147 Å². The molecule has 1 aromatic rings. The lowest BCUT2D eigenvalue weighted by Crippen LogP contribution is -2.19. The molecule has 0 spiro atoms. The summed E-state index contributed by atoms with van der Waals surface area (Å²) >= 11 is 2.11. The molecule has 1 aliphatic heterocycles. The van der Waals surface area contributed by atoms with Crippen LogP contribution < -0.4 is 0 Å². The molecule has 0 saturated heterocycles. The molecule has 1 aliphatic rings. The number of hydrogen-bond acceptors (Lipinski definition) is 2. The molecule has 0 aliphatic carbocycles. The van der Waals surface area contributed by atoms with E-state index in [1.54, 1.807) is 0 Å². The Kier molecular flexibility index (Phi) is 5.66. The van der Waals surface area contributed by atoms with Crippen molar-refractivity contribution < 1.29 is 0 Å². The molecular weight excluding hydrogens is 298 g/mol. The number of nitrogens with zero attached hydrogens (tertiary/aromatic N) is 1. The fourth-order valence-corrected chi connectivity index (χ4v) is 4.97. The van der Waals surface area contributed by atoms with Gasteiger partial charge in [-0.15, -0.1) is 0 Å². The first-order valence-corrected chi connectivity index (χ1v) is 9.97. The molecule has 0 bridgehead atoms. The molecule has 2 heterocycles. The van der Waals surface area contributed by atoms with Gasteiger partial charge in [-0.2, -0.15) is 11.8 Å². The summed E-state index contributed by atoms with van der Waals surface area (Å²) in [5.74, 6) is 1.57. The Hall–Kier alpha value is -0.760. The van der Waals surface area contributed by atoms with Gasteiger partial charge in [0.1, 0.15) is 0 Å². The fraction of sp³-hybridized carbons (Fsp3) is 0.667. The number of hydrogen-bond donors (Lipinski definition) is 0. The summed E-state index contributed by atoms with van der Waals surface area (Å²) in [5, 5.41) is 1.16. The maximum absolute atomic E-state index is 5.02. The van der Waals surface area contributed by atoms with Crippen molar-refractivity contribution in [2.75, 3.05) is 0 Å². The summed E-state index contributed by atoms with van der Waals surface area (Å²) in [7, 11) is 0. The highest BCUT2D eigenvalue weighted by Crippen LogP contribution is 2.46. The zero-order chi connectivity index (χ0) is 17.5. The van der Waals surface area contributed by atoms with Crippen LogP contribution in [0.4, 0.5) is 0 Å². The van der Waals surface area contributed by atoms with Gasteiger partial charge in [0.2, 0.25) is 0 Å². The highest BCUT2D eigenvalue weighted by molar-refractivity contribution is 8.00. The first-order chi connectivity index (χ1) is 10.6. The van der Waals surface area contributed by atoms with Crippen molar-refractivity contribution in [3.8, 4) is 0 Å². The van der Waals surface area contributed by atoms with Crippen molar-refractivity contribution >= 4 is 17.3 Å². The molecule has 1 nitrogen and oxygen atoms in total.